The zero-order chi connectivity index (χ0) is 10.4. The van der Waals surface area contributed by atoms with Gasteiger partial charge in [0.15, 0.2) is 0 Å². The zero-order valence-corrected chi connectivity index (χ0v) is 8.16. The van der Waals surface area contributed by atoms with Crippen molar-refractivity contribution in [3.8, 4) is 5.75 Å². The number of hydrogen-bond acceptors (Lipinski definition) is 3. The number of nitrogens with zero attached hydrogens (tertiary/aromatic N) is 1. The molecule has 0 atom stereocenters. The van der Waals surface area contributed by atoms with Crippen LogP contribution in [-0.2, 0) is 0 Å². The summed E-state index contributed by atoms with van der Waals surface area (Å²) in [6.45, 7) is 2.72. The van der Waals surface area contributed by atoms with E-state index < -0.39 is 0 Å². The van der Waals surface area contributed by atoms with E-state index in [2.05, 4.69) is 17.2 Å². The van der Waals surface area contributed by atoms with E-state index >= 15 is 0 Å². The number of nitrogens with one attached hydrogen (secondary N) is 1. The molecular formula is C10H14N2O2. The van der Waals surface area contributed by atoms with Crippen LogP contribution in [0.4, 0.5) is 0 Å². The van der Waals surface area contributed by atoms with Gasteiger partial charge >= 0.3 is 0 Å². The molecule has 76 valence electrons. The number of pyridine rings is 1. The van der Waals surface area contributed by atoms with Crippen LogP contribution in [0, 0.1) is 0 Å². The molecule has 0 unspecified atom stereocenters. The highest BCUT2D eigenvalue weighted by molar-refractivity contribution is 5.94. The maximum absolute atomic E-state index is 11.4. The van der Waals surface area contributed by atoms with E-state index in [4.69, 9.17) is 5.11 Å². The van der Waals surface area contributed by atoms with Gasteiger partial charge in [-0.25, -0.2) is 0 Å². The number of carbonyl (C=O) groups is 1. The number of amides is 1. The Morgan fingerprint density at radius 2 is 2.36 bits per heavy atom. The van der Waals surface area contributed by atoms with Crippen LogP contribution >= 0.6 is 0 Å². The second kappa shape index (κ2) is 5.21. The fourth-order valence-electron chi connectivity index (χ4n) is 1.03. The van der Waals surface area contributed by atoms with Crippen LogP contribution in [0.15, 0.2) is 18.5 Å². The number of unbranched alkanes of at least 4 members (excludes halogenated alkanes) is 1. The zero-order valence-electron chi connectivity index (χ0n) is 8.16. The maximum Gasteiger partial charge on any atom is 0.252 e. The second-order valence-corrected chi connectivity index (χ2v) is 3.04. The van der Waals surface area contributed by atoms with Gasteiger partial charge in [-0.3, -0.25) is 9.78 Å². The molecule has 1 rings (SSSR count). The summed E-state index contributed by atoms with van der Waals surface area (Å²) in [5.74, 6) is -0.185. The number of aromatic nitrogens is 1. The predicted octanol–water partition coefficient (Wildman–Crippen LogP) is 1.32. The van der Waals surface area contributed by atoms with Crippen LogP contribution in [0.2, 0.25) is 0 Å². The molecule has 0 bridgehead atoms. The summed E-state index contributed by atoms with van der Waals surface area (Å²) < 4.78 is 0. The topological polar surface area (TPSA) is 62.2 Å². The number of rotatable bonds is 4. The Morgan fingerprint density at radius 3 is 3.00 bits per heavy atom. The molecule has 0 spiro atoms. The van der Waals surface area contributed by atoms with E-state index in [1.807, 2.05) is 0 Å². The molecule has 1 aromatic rings. The first kappa shape index (κ1) is 10.5. The Kier molecular flexibility index (Phi) is 3.91. The van der Waals surface area contributed by atoms with E-state index in [0.717, 1.165) is 12.8 Å². The number of hydrogen-bond donors (Lipinski definition) is 2. The minimum atomic E-state index is -0.193. The lowest BCUT2D eigenvalue weighted by Crippen LogP contribution is -2.24. The molecule has 0 fully saturated rings. The fourth-order valence-corrected chi connectivity index (χ4v) is 1.03. The molecule has 0 saturated heterocycles. The van der Waals surface area contributed by atoms with E-state index in [0.29, 0.717) is 12.1 Å². The van der Waals surface area contributed by atoms with Crippen molar-refractivity contribution in [3.05, 3.63) is 24.0 Å². The molecule has 1 aromatic heterocycles. The van der Waals surface area contributed by atoms with Crippen LogP contribution in [0.25, 0.3) is 0 Å². The molecule has 0 radical (unpaired) electrons. The van der Waals surface area contributed by atoms with Gasteiger partial charge in [-0.15, -0.1) is 0 Å². The Morgan fingerprint density at radius 1 is 1.57 bits per heavy atom. The van der Waals surface area contributed by atoms with E-state index in [1.54, 1.807) is 0 Å². The van der Waals surface area contributed by atoms with Crippen LogP contribution in [-0.4, -0.2) is 22.5 Å². The lowest BCUT2D eigenvalue weighted by atomic mass is 10.2. The summed E-state index contributed by atoms with van der Waals surface area (Å²) in [6.07, 6.45) is 4.72. The van der Waals surface area contributed by atoms with Crippen LogP contribution in [0.3, 0.4) is 0 Å². The first-order chi connectivity index (χ1) is 6.74. The highest BCUT2D eigenvalue weighted by Crippen LogP contribution is 2.07. The lowest BCUT2D eigenvalue weighted by molar-refractivity contribution is 0.0952. The largest absolute Gasteiger partial charge is 0.506 e. The normalized spacial score (nSPS) is 9.79. The molecule has 14 heavy (non-hydrogen) atoms. The van der Waals surface area contributed by atoms with Crippen LogP contribution in [0.1, 0.15) is 30.1 Å². The van der Waals surface area contributed by atoms with Gasteiger partial charge in [0.1, 0.15) is 5.75 Å². The van der Waals surface area contributed by atoms with Gasteiger partial charge < -0.3 is 10.4 Å². The van der Waals surface area contributed by atoms with E-state index in [-0.39, 0.29) is 11.7 Å². The van der Waals surface area contributed by atoms with Crippen molar-refractivity contribution in [3.63, 3.8) is 0 Å². The van der Waals surface area contributed by atoms with Gasteiger partial charge in [-0.05, 0) is 12.5 Å². The van der Waals surface area contributed by atoms with Crippen molar-refractivity contribution < 1.29 is 9.90 Å². The monoisotopic (exact) mass is 194 g/mol. The van der Waals surface area contributed by atoms with Crippen molar-refractivity contribution in [1.29, 1.82) is 0 Å². The standard InChI is InChI=1S/C10H14N2O2/c1-2-3-4-12-10(14)8-5-9(13)7-11-6-8/h5-7,13H,2-4H2,1H3,(H,12,14). The second-order valence-electron chi connectivity index (χ2n) is 3.04. The molecule has 2 N–H and O–H groups in total. The van der Waals surface area contributed by atoms with Crippen LogP contribution in [0.5, 0.6) is 5.75 Å². The summed E-state index contributed by atoms with van der Waals surface area (Å²) in [5.41, 5.74) is 0.390. The molecule has 4 nitrogen and oxygen atoms in total. The first-order valence-electron chi connectivity index (χ1n) is 4.66. The van der Waals surface area contributed by atoms with E-state index in [9.17, 15) is 4.79 Å². The minimum absolute atomic E-state index is 0.00754. The Balaban J connectivity index is 2.52. The van der Waals surface area contributed by atoms with Gasteiger partial charge in [0.05, 0.1) is 11.8 Å². The first-order valence-corrected chi connectivity index (χ1v) is 4.66. The van der Waals surface area contributed by atoms with Crippen LogP contribution < -0.4 is 5.32 Å². The Hall–Kier alpha value is -1.58. The summed E-state index contributed by atoms with van der Waals surface area (Å²) in [7, 11) is 0. The summed E-state index contributed by atoms with van der Waals surface area (Å²) in [5, 5.41) is 11.8. The lowest BCUT2D eigenvalue weighted by Gasteiger charge is -2.03. The van der Waals surface area contributed by atoms with Gasteiger partial charge in [0, 0.05) is 12.7 Å². The SMILES string of the molecule is CCCCNC(=O)c1cncc(O)c1. The van der Waals surface area contributed by atoms with Gasteiger partial charge in [-0.2, -0.15) is 0 Å². The average molecular weight is 194 g/mol. The third-order valence-corrected chi connectivity index (χ3v) is 1.80. The smallest absolute Gasteiger partial charge is 0.252 e. The molecule has 0 aliphatic rings. The van der Waals surface area contributed by atoms with Gasteiger partial charge in [0.2, 0.25) is 0 Å². The molecule has 1 heterocycles. The molecule has 1 amide bonds. The van der Waals surface area contributed by atoms with E-state index in [1.165, 1.54) is 18.5 Å². The van der Waals surface area contributed by atoms with Crippen molar-refractivity contribution in [2.24, 2.45) is 0 Å². The quantitative estimate of drug-likeness (QED) is 0.710. The highest BCUT2D eigenvalue weighted by atomic mass is 16.3. The molecule has 4 heteroatoms. The third-order valence-electron chi connectivity index (χ3n) is 1.80. The predicted molar refractivity (Wildman–Crippen MR) is 53.1 cm³/mol. The third kappa shape index (κ3) is 3.05. The molecule has 0 aliphatic carbocycles. The number of carbonyl (C=O) groups excluding carboxylic acids is 1. The number of aromatic hydroxyl groups is 1. The summed E-state index contributed by atoms with van der Waals surface area (Å²) >= 11 is 0. The summed E-state index contributed by atoms with van der Waals surface area (Å²) in [4.78, 5) is 15.1. The summed E-state index contributed by atoms with van der Waals surface area (Å²) in [6, 6.07) is 1.40. The highest BCUT2D eigenvalue weighted by Gasteiger charge is 2.04. The van der Waals surface area contributed by atoms with Crippen molar-refractivity contribution in [1.82, 2.24) is 10.3 Å². The Bertz CT molecular complexity index is 313. The van der Waals surface area contributed by atoms with Crippen molar-refractivity contribution in [2.45, 2.75) is 19.8 Å². The molecule has 0 aromatic carbocycles. The van der Waals surface area contributed by atoms with Gasteiger partial charge in [0.25, 0.3) is 5.91 Å². The molecule has 0 aliphatic heterocycles. The maximum atomic E-state index is 11.4. The fraction of sp³-hybridized carbons (Fsp3) is 0.400. The average Bonchev–Trinajstić information content (AvgIpc) is 2.18. The minimum Gasteiger partial charge on any atom is -0.506 e. The van der Waals surface area contributed by atoms with Crippen molar-refractivity contribution in [2.75, 3.05) is 6.54 Å². The molecule has 0 saturated carbocycles. The van der Waals surface area contributed by atoms with Gasteiger partial charge in [-0.1, -0.05) is 13.3 Å². The molecular weight excluding hydrogens is 180 g/mol. The van der Waals surface area contributed by atoms with Crippen molar-refractivity contribution >= 4 is 5.91 Å². The Labute approximate surface area is 83.0 Å².